The van der Waals surface area contributed by atoms with Crippen LogP contribution in [0.4, 0.5) is 26.1 Å². The van der Waals surface area contributed by atoms with Crippen LogP contribution in [0.25, 0.3) is 11.3 Å². The molecule has 3 aromatic rings. The average molecular weight is 400 g/mol. The SMILES string of the molecule is CC(=O)Nc1cc(Nc2cccc(C(C)(F)F)n2)c(-c2cc(=O)n(C)cn2)cn1. The number of amides is 1. The van der Waals surface area contributed by atoms with Crippen molar-refractivity contribution in [3.05, 3.63) is 58.9 Å². The fraction of sp³-hybridized carbons (Fsp3) is 0.211. The fourth-order valence-electron chi connectivity index (χ4n) is 2.51. The van der Waals surface area contributed by atoms with Gasteiger partial charge >= 0.3 is 0 Å². The van der Waals surface area contributed by atoms with Crippen molar-refractivity contribution >= 4 is 23.2 Å². The van der Waals surface area contributed by atoms with E-state index in [9.17, 15) is 18.4 Å². The van der Waals surface area contributed by atoms with Crippen molar-refractivity contribution in [2.24, 2.45) is 7.05 Å². The quantitative estimate of drug-likeness (QED) is 0.683. The number of hydrogen-bond acceptors (Lipinski definition) is 6. The highest BCUT2D eigenvalue weighted by Crippen LogP contribution is 2.31. The zero-order chi connectivity index (χ0) is 21.2. The van der Waals surface area contributed by atoms with Crippen molar-refractivity contribution in [1.29, 1.82) is 0 Å². The Balaban J connectivity index is 2.08. The Hall–Kier alpha value is -3.69. The summed E-state index contributed by atoms with van der Waals surface area (Å²) >= 11 is 0. The maximum atomic E-state index is 13.6. The smallest absolute Gasteiger partial charge is 0.287 e. The van der Waals surface area contributed by atoms with Crippen molar-refractivity contribution in [1.82, 2.24) is 19.5 Å². The van der Waals surface area contributed by atoms with Crippen LogP contribution in [0.2, 0.25) is 0 Å². The minimum absolute atomic E-state index is 0.161. The number of alkyl halides is 2. The average Bonchev–Trinajstić information content (AvgIpc) is 2.63. The number of carbonyl (C=O) groups excluding carboxylic acids is 1. The zero-order valence-corrected chi connectivity index (χ0v) is 15.9. The molecule has 2 N–H and O–H groups in total. The number of carbonyl (C=O) groups is 1. The van der Waals surface area contributed by atoms with E-state index in [0.29, 0.717) is 16.9 Å². The van der Waals surface area contributed by atoms with Gasteiger partial charge in [0, 0.05) is 44.8 Å². The third-order valence-corrected chi connectivity index (χ3v) is 3.92. The Labute approximate surface area is 164 Å². The summed E-state index contributed by atoms with van der Waals surface area (Å²) in [5.74, 6) is -3.03. The third-order valence-electron chi connectivity index (χ3n) is 3.92. The minimum atomic E-state index is -3.10. The summed E-state index contributed by atoms with van der Waals surface area (Å²) in [6.45, 7) is 2.09. The Morgan fingerprint density at radius 2 is 1.93 bits per heavy atom. The standard InChI is InChI=1S/C19H18F2N6O2/c1-11(28)24-17-7-14(25-16-6-4-5-15(26-16)19(2,20)21)12(9-22-17)13-8-18(29)27(3)10-23-13/h4-10H,1-3H3,(H2,22,24,25,26,28). The van der Waals surface area contributed by atoms with Crippen LogP contribution in [-0.2, 0) is 17.8 Å². The highest BCUT2D eigenvalue weighted by molar-refractivity contribution is 5.89. The van der Waals surface area contributed by atoms with Crippen LogP contribution in [-0.4, -0.2) is 25.4 Å². The summed E-state index contributed by atoms with van der Waals surface area (Å²) in [7, 11) is 1.57. The summed E-state index contributed by atoms with van der Waals surface area (Å²) in [5.41, 5.74) is 0.472. The van der Waals surface area contributed by atoms with E-state index in [1.54, 1.807) is 7.05 Å². The Morgan fingerprint density at radius 3 is 2.59 bits per heavy atom. The first-order valence-electron chi connectivity index (χ1n) is 8.56. The van der Waals surface area contributed by atoms with Crippen LogP contribution >= 0.6 is 0 Å². The van der Waals surface area contributed by atoms with Crippen molar-refractivity contribution in [2.75, 3.05) is 10.6 Å². The molecule has 3 rings (SSSR count). The number of halogens is 2. The van der Waals surface area contributed by atoms with E-state index in [-0.39, 0.29) is 23.1 Å². The third kappa shape index (κ3) is 4.78. The normalized spacial score (nSPS) is 11.2. The van der Waals surface area contributed by atoms with Crippen LogP contribution in [0.15, 0.2) is 47.7 Å². The monoisotopic (exact) mass is 400 g/mol. The van der Waals surface area contributed by atoms with Gasteiger partial charge in [0.05, 0.1) is 17.7 Å². The van der Waals surface area contributed by atoms with Crippen molar-refractivity contribution in [3.63, 3.8) is 0 Å². The molecular formula is C19H18F2N6O2. The molecule has 1 amide bonds. The van der Waals surface area contributed by atoms with Gasteiger partial charge in [-0.15, -0.1) is 0 Å². The number of nitrogens with zero attached hydrogens (tertiary/aromatic N) is 4. The molecule has 0 spiro atoms. The number of aromatic nitrogens is 4. The molecule has 150 valence electrons. The van der Waals surface area contributed by atoms with Gasteiger partial charge in [0.25, 0.3) is 11.5 Å². The molecular weight excluding hydrogens is 382 g/mol. The molecule has 0 radical (unpaired) electrons. The summed E-state index contributed by atoms with van der Waals surface area (Å²) in [6.07, 6.45) is 2.79. The van der Waals surface area contributed by atoms with Crippen LogP contribution in [0.5, 0.6) is 0 Å². The second-order valence-electron chi connectivity index (χ2n) is 6.44. The van der Waals surface area contributed by atoms with Crippen LogP contribution in [0.1, 0.15) is 19.5 Å². The van der Waals surface area contributed by atoms with E-state index in [0.717, 1.165) is 6.92 Å². The molecule has 0 aliphatic rings. The van der Waals surface area contributed by atoms with Crippen LogP contribution in [0, 0.1) is 0 Å². The molecule has 0 aliphatic heterocycles. The highest BCUT2D eigenvalue weighted by atomic mass is 19.3. The lowest BCUT2D eigenvalue weighted by atomic mass is 10.1. The van der Waals surface area contributed by atoms with Gasteiger partial charge < -0.3 is 15.2 Å². The fourth-order valence-corrected chi connectivity index (χ4v) is 2.51. The van der Waals surface area contributed by atoms with Gasteiger partial charge in [-0.1, -0.05) is 6.07 Å². The molecule has 0 fully saturated rings. The van der Waals surface area contributed by atoms with E-state index in [1.807, 2.05) is 0 Å². The second kappa shape index (κ2) is 7.74. The maximum Gasteiger partial charge on any atom is 0.287 e. The molecule has 0 bridgehead atoms. The largest absolute Gasteiger partial charge is 0.340 e. The number of aryl methyl sites for hydroxylation is 1. The first kappa shape index (κ1) is 20.1. The van der Waals surface area contributed by atoms with Crippen molar-refractivity contribution in [2.45, 2.75) is 19.8 Å². The molecule has 29 heavy (non-hydrogen) atoms. The van der Waals surface area contributed by atoms with Crippen LogP contribution < -0.4 is 16.2 Å². The molecule has 10 heteroatoms. The molecule has 8 nitrogen and oxygen atoms in total. The lowest BCUT2D eigenvalue weighted by Crippen LogP contribution is -2.16. The number of nitrogens with one attached hydrogen (secondary N) is 2. The topological polar surface area (TPSA) is 102 Å². The number of hydrogen-bond donors (Lipinski definition) is 2. The predicted molar refractivity (Wildman–Crippen MR) is 104 cm³/mol. The molecule has 0 atom stereocenters. The van der Waals surface area contributed by atoms with Crippen molar-refractivity contribution in [3.8, 4) is 11.3 Å². The first-order valence-corrected chi connectivity index (χ1v) is 8.56. The molecule has 0 saturated carbocycles. The Kier molecular flexibility index (Phi) is 5.35. The summed E-state index contributed by atoms with van der Waals surface area (Å²) in [5, 5.41) is 5.50. The van der Waals surface area contributed by atoms with Crippen LogP contribution in [0.3, 0.4) is 0 Å². The number of rotatable bonds is 5. The molecule has 0 saturated heterocycles. The Morgan fingerprint density at radius 1 is 1.17 bits per heavy atom. The van der Waals surface area contributed by atoms with E-state index < -0.39 is 11.6 Å². The zero-order valence-electron chi connectivity index (χ0n) is 15.9. The molecule has 0 unspecified atom stereocenters. The highest BCUT2D eigenvalue weighted by Gasteiger charge is 2.26. The molecule has 3 aromatic heterocycles. The summed E-state index contributed by atoms with van der Waals surface area (Å²) in [4.78, 5) is 35.6. The van der Waals surface area contributed by atoms with Gasteiger partial charge in [0.2, 0.25) is 5.91 Å². The minimum Gasteiger partial charge on any atom is -0.340 e. The molecule has 0 aromatic carbocycles. The van der Waals surface area contributed by atoms with Gasteiger partial charge in [-0.2, -0.15) is 8.78 Å². The first-order chi connectivity index (χ1) is 13.6. The summed E-state index contributed by atoms with van der Waals surface area (Å²) < 4.78 is 28.5. The number of anilines is 3. The predicted octanol–water partition coefficient (Wildman–Crippen LogP) is 3.05. The lowest BCUT2D eigenvalue weighted by Gasteiger charge is -2.15. The van der Waals surface area contributed by atoms with Gasteiger partial charge in [0.15, 0.2) is 0 Å². The van der Waals surface area contributed by atoms with Gasteiger partial charge in [-0.25, -0.2) is 15.0 Å². The number of pyridine rings is 2. The second-order valence-corrected chi connectivity index (χ2v) is 6.44. The van der Waals surface area contributed by atoms with Gasteiger partial charge in [-0.3, -0.25) is 9.59 Å². The van der Waals surface area contributed by atoms with E-state index >= 15 is 0 Å². The molecule has 0 aliphatic carbocycles. The summed E-state index contributed by atoms with van der Waals surface area (Å²) in [6, 6.07) is 7.03. The van der Waals surface area contributed by atoms with E-state index in [2.05, 4.69) is 25.6 Å². The molecule has 3 heterocycles. The van der Waals surface area contributed by atoms with Gasteiger partial charge in [0.1, 0.15) is 17.3 Å². The maximum absolute atomic E-state index is 13.6. The van der Waals surface area contributed by atoms with Gasteiger partial charge in [-0.05, 0) is 12.1 Å². The Bertz CT molecular complexity index is 1120. The van der Waals surface area contributed by atoms with E-state index in [1.165, 1.54) is 54.3 Å². The van der Waals surface area contributed by atoms with E-state index in [4.69, 9.17) is 0 Å². The van der Waals surface area contributed by atoms with Crippen molar-refractivity contribution < 1.29 is 13.6 Å². The lowest BCUT2D eigenvalue weighted by molar-refractivity contribution is -0.114.